The molecule has 1 saturated heterocycles. The van der Waals surface area contributed by atoms with Gasteiger partial charge in [0.15, 0.2) is 5.82 Å². The van der Waals surface area contributed by atoms with Gasteiger partial charge in [-0.1, -0.05) is 11.3 Å². The number of carbonyl (C=O) groups is 1. The van der Waals surface area contributed by atoms with Gasteiger partial charge in [-0.25, -0.2) is 0 Å². The first kappa shape index (κ1) is 12.9. The summed E-state index contributed by atoms with van der Waals surface area (Å²) < 4.78 is 0. The molecule has 1 aliphatic rings. The first-order valence-corrected chi connectivity index (χ1v) is 7.17. The first-order chi connectivity index (χ1) is 10.8. The van der Waals surface area contributed by atoms with Crippen LogP contribution in [0.1, 0.15) is 28.5 Å². The molecule has 7 nitrogen and oxygen atoms in total. The second-order valence-corrected chi connectivity index (χ2v) is 5.44. The molecule has 110 valence electrons. The van der Waals surface area contributed by atoms with Gasteiger partial charge in [0.25, 0.3) is 5.91 Å². The van der Waals surface area contributed by atoms with Crippen molar-refractivity contribution < 1.29 is 4.79 Å². The van der Waals surface area contributed by atoms with Crippen LogP contribution in [0.25, 0.3) is 10.8 Å². The minimum absolute atomic E-state index is 0.0387. The third-order valence-corrected chi connectivity index (χ3v) is 4.09. The van der Waals surface area contributed by atoms with Crippen LogP contribution in [0.15, 0.2) is 36.7 Å². The summed E-state index contributed by atoms with van der Waals surface area (Å²) in [5.41, 5.74) is 0.689. The van der Waals surface area contributed by atoms with Crippen LogP contribution in [0.3, 0.4) is 0 Å². The number of tetrazole rings is 1. The summed E-state index contributed by atoms with van der Waals surface area (Å²) >= 11 is 0. The Hall–Kier alpha value is -2.83. The molecule has 0 bridgehead atoms. The number of carbonyl (C=O) groups excluding carboxylic acids is 1. The molecule has 7 heteroatoms. The predicted octanol–water partition coefficient (Wildman–Crippen LogP) is 1.38. The molecule has 0 radical (unpaired) electrons. The standard InChI is InChI=1S/C15H14N6O/c22-15(11-2-1-10-3-5-16-8-13(10)7-11)21-6-4-12(9-21)14-17-19-20-18-14/h1-3,5,7-8,12H,4,6,9H2,(H,17,18,19,20). The smallest absolute Gasteiger partial charge is 0.253 e. The van der Waals surface area contributed by atoms with Crippen LogP contribution in [0.2, 0.25) is 0 Å². The van der Waals surface area contributed by atoms with Crippen molar-refractivity contribution in [3.63, 3.8) is 0 Å². The molecule has 1 fully saturated rings. The van der Waals surface area contributed by atoms with Crippen LogP contribution >= 0.6 is 0 Å². The molecular formula is C15H14N6O. The van der Waals surface area contributed by atoms with Crippen molar-refractivity contribution in [3.8, 4) is 0 Å². The highest BCUT2D eigenvalue weighted by Gasteiger charge is 2.30. The van der Waals surface area contributed by atoms with Gasteiger partial charge >= 0.3 is 0 Å². The van der Waals surface area contributed by atoms with Crippen LogP contribution < -0.4 is 0 Å². The summed E-state index contributed by atoms with van der Waals surface area (Å²) in [6.07, 6.45) is 4.39. The second kappa shape index (κ2) is 5.18. The van der Waals surface area contributed by atoms with E-state index in [1.54, 1.807) is 12.4 Å². The van der Waals surface area contributed by atoms with Crippen molar-refractivity contribution in [3.05, 3.63) is 48.0 Å². The van der Waals surface area contributed by atoms with E-state index in [-0.39, 0.29) is 11.8 Å². The van der Waals surface area contributed by atoms with E-state index in [4.69, 9.17) is 0 Å². The van der Waals surface area contributed by atoms with E-state index in [0.717, 1.165) is 17.2 Å². The zero-order valence-corrected chi connectivity index (χ0v) is 11.8. The lowest BCUT2D eigenvalue weighted by Gasteiger charge is -2.16. The van der Waals surface area contributed by atoms with Crippen molar-refractivity contribution >= 4 is 16.7 Å². The summed E-state index contributed by atoms with van der Waals surface area (Å²) in [6.45, 7) is 1.34. The zero-order chi connectivity index (χ0) is 14.9. The van der Waals surface area contributed by atoms with Gasteiger partial charge < -0.3 is 4.90 Å². The molecule has 1 atom stereocenters. The fraction of sp³-hybridized carbons (Fsp3) is 0.267. The number of rotatable bonds is 2. The summed E-state index contributed by atoms with van der Waals surface area (Å²) in [5, 5.41) is 16.1. The van der Waals surface area contributed by atoms with Crippen molar-refractivity contribution in [1.29, 1.82) is 0 Å². The van der Waals surface area contributed by atoms with Gasteiger partial charge in [0, 0.05) is 42.4 Å². The highest BCUT2D eigenvalue weighted by atomic mass is 16.2. The topological polar surface area (TPSA) is 87.7 Å². The molecular weight excluding hydrogens is 280 g/mol. The molecule has 4 rings (SSSR count). The Morgan fingerprint density at radius 2 is 2.23 bits per heavy atom. The largest absolute Gasteiger partial charge is 0.338 e. The Labute approximate surface area is 126 Å². The number of nitrogens with one attached hydrogen (secondary N) is 1. The molecule has 2 aromatic heterocycles. The highest BCUT2D eigenvalue weighted by molar-refractivity contribution is 5.98. The fourth-order valence-corrected chi connectivity index (χ4v) is 2.90. The average molecular weight is 294 g/mol. The van der Waals surface area contributed by atoms with Crippen molar-refractivity contribution in [1.82, 2.24) is 30.5 Å². The monoisotopic (exact) mass is 294 g/mol. The highest BCUT2D eigenvalue weighted by Crippen LogP contribution is 2.26. The van der Waals surface area contributed by atoms with E-state index >= 15 is 0 Å². The number of hydrogen-bond acceptors (Lipinski definition) is 5. The van der Waals surface area contributed by atoms with E-state index in [1.165, 1.54) is 0 Å². The number of aromatic amines is 1. The van der Waals surface area contributed by atoms with Crippen molar-refractivity contribution in [2.24, 2.45) is 0 Å². The Balaban J connectivity index is 1.56. The maximum atomic E-state index is 12.6. The van der Waals surface area contributed by atoms with Gasteiger partial charge in [-0.05, 0) is 30.0 Å². The third kappa shape index (κ3) is 2.20. The number of benzene rings is 1. The predicted molar refractivity (Wildman–Crippen MR) is 79.2 cm³/mol. The number of aromatic nitrogens is 5. The molecule has 3 aromatic rings. The van der Waals surface area contributed by atoms with Gasteiger partial charge in [-0.3, -0.25) is 9.78 Å². The number of pyridine rings is 1. The number of likely N-dealkylation sites (tertiary alicyclic amines) is 1. The summed E-state index contributed by atoms with van der Waals surface area (Å²) in [7, 11) is 0. The average Bonchev–Trinajstić information content (AvgIpc) is 3.24. The van der Waals surface area contributed by atoms with Crippen molar-refractivity contribution in [2.75, 3.05) is 13.1 Å². The summed E-state index contributed by atoms with van der Waals surface area (Å²) in [6, 6.07) is 7.65. The van der Waals surface area contributed by atoms with E-state index in [9.17, 15) is 4.79 Å². The molecule has 1 amide bonds. The van der Waals surface area contributed by atoms with Crippen LogP contribution in [-0.4, -0.2) is 49.5 Å². The van der Waals surface area contributed by atoms with Gasteiger partial charge in [0.2, 0.25) is 0 Å². The lowest BCUT2D eigenvalue weighted by atomic mass is 10.1. The Morgan fingerprint density at radius 3 is 3.09 bits per heavy atom. The Kier molecular flexibility index (Phi) is 3.03. The Morgan fingerprint density at radius 1 is 1.27 bits per heavy atom. The van der Waals surface area contributed by atoms with Gasteiger partial charge in [0.1, 0.15) is 0 Å². The SMILES string of the molecule is O=C(c1ccc2ccncc2c1)N1CCC(c2nn[nH]n2)C1. The van der Waals surface area contributed by atoms with Gasteiger partial charge in [-0.2, -0.15) is 5.21 Å². The Bertz CT molecular complexity index is 816. The number of nitrogens with zero attached hydrogens (tertiary/aromatic N) is 5. The minimum atomic E-state index is 0.0387. The molecule has 0 saturated carbocycles. The van der Waals surface area contributed by atoms with Crippen LogP contribution in [0.4, 0.5) is 0 Å². The minimum Gasteiger partial charge on any atom is -0.338 e. The number of fused-ring (bicyclic) bond motifs is 1. The van der Waals surface area contributed by atoms with Crippen LogP contribution in [0, 0.1) is 0 Å². The number of hydrogen-bond donors (Lipinski definition) is 1. The quantitative estimate of drug-likeness (QED) is 0.771. The molecule has 0 aliphatic carbocycles. The van der Waals surface area contributed by atoms with Gasteiger partial charge in [-0.15, -0.1) is 10.2 Å². The first-order valence-electron chi connectivity index (χ1n) is 7.17. The molecule has 0 spiro atoms. The molecule has 1 unspecified atom stereocenters. The lowest BCUT2D eigenvalue weighted by Crippen LogP contribution is -2.28. The van der Waals surface area contributed by atoms with Crippen molar-refractivity contribution in [2.45, 2.75) is 12.3 Å². The van der Waals surface area contributed by atoms with E-state index < -0.39 is 0 Å². The van der Waals surface area contributed by atoms with Crippen LogP contribution in [0.5, 0.6) is 0 Å². The lowest BCUT2D eigenvalue weighted by molar-refractivity contribution is 0.0790. The summed E-state index contributed by atoms with van der Waals surface area (Å²) in [4.78, 5) is 18.6. The molecule has 1 aromatic carbocycles. The van der Waals surface area contributed by atoms with E-state index in [2.05, 4.69) is 25.6 Å². The maximum Gasteiger partial charge on any atom is 0.253 e. The normalized spacial score (nSPS) is 18.0. The van der Waals surface area contributed by atoms with E-state index in [1.807, 2.05) is 29.2 Å². The third-order valence-electron chi connectivity index (χ3n) is 4.09. The molecule has 22 heavy (non-hydrogen) atoms. The number of H-pyrrole nitrogens is 1. The molecule has 1 aliphatic heterocycles. The molecule has 1 N–H and O–H groups in total. The zero-order valence-electron chi connectivity index (χ0n) is 11.8. The fourth-order valence-electron chi connectivity index (χ4n) is 2.90. The summed E-state index contributed by atoms with van der Waals surface area (Å²) in [5.74, 6) is 0.875. The number of amides is 1. The van der Waals surface area contributed by atoms with Gasteiger partial charge in [0.05, 0.1) is 0 Å². The maximum absolute atomic E-state index is 12.6. The second-order valence-electron chi connectivity index (χ2n) is 5.44. The van der Waals surface area contributed by atoms with E-state index in [0.29, 0.717) is 24.5 Å². The molecule has 3 heterocycles. The van der Waals surface area contributed by atoms with Crippen LogP contribution in [-0.2, 0) is 0 Å².